The molecule has 1 unspecified atom stereocenters. The number of aromatic nitrogens is 1. The topological polar surface area (TPSA) is 80.0 Å². The zero-order valence-electron chi connectivity index (χ0n) is 14.5. The largest absolute Gasteiger partial charge is 0.321 e. The van der Waals surface area contributed by atoms with E-state index < -0.39 is 5.54 Å². The van der Waals surface area contributed by atoms with E-state index in [0.29, 0.717) is 21.6 Å². The van der Waals surface area contributed by atoms with E-state index in [1.54, 1.807) is 42.2 Å². The summed E-state index contributed by atoms with van der Waals surface area (Å²) in [5.74, 6) is 0.619. The van der Waals surface area contributed by atoms with E-state index in [-0.39, 0.29) is 22.9 Å². The number of thioether (sulfide) groups is 1. The van der Waals surface area contributed by atoms with Crippen LogP contribution in [0.5, 0.6) is 0 Å². The summed E-state index contributed by atoms with van der Waals surface area (Å²) < 4.78 is 15.4. The molecule has 1 amide bonds. The van der Waals surface area contributed by atoms with Crippen LogP contribution < -0.4 is 16.4 Å². The number of amides is 1. The first-order valence-electron chi connectivity index (χ1n) is 8.86. The summed E-state index contributed by atoms with van der Waals surface area (Å²) in [7, 11) is 0. The summed E-state index contributed by atoms with van der Waals surface area (Å²) in [6.45, 7) is 0. The summed E-state index contributed by atoms with van der Waals surface area (Å²) in [5.41, 5.74) is 6.84. The van der Waals surface area contributed by atoms with E-state index in [9.17, 15) is 9.18 Å². The first kappa shape index (κ1) is 18.9. The van der Waals surface area contributed by atoms with E-state index >= 15 is 0 Å². The van der Waals surface area contributed by atoms with Crippen molar-refractivity contribution >= 4 is 39.3 Å². The third-order valence-corrected chi connectivity index (χ3v) is 7.09. The van der Waals surface area contributed by atoms with Crippen molar-refractivity contribution in [1.82, 2.24) is 10.3 Å². The molecule has 2 heterocycles. The average Bonchev–Trinajstić information content (AvgIpc) is 3.07. The number of pyridine rings is 1. The molecule has 142 valence electrons. The summed E-state index contributed by atoms with van der Waals surface area (Å²) in [6.07, 6.45) is 4.47. The van der Waals surface area contributed by atoms with Crippen LogP contribution in [0.4, 0.5) is 10.1 Å². The number of carbonyl (C=O) groups excluding carboxylic acids is 1. The Hall–Kier alpha value is -1.48. The average molecular weight is 451 g/mol. The van der Waals surface area contributed by atoms with Crippen LogP contribution in [0.15, 0.2) is 41.0 Å². The number of nitrogens with one attached hydrogen (secondary N) is 2. The van der Waals surface area contributed by atoms with Crippen LogP contribution in [0, 0.1) is 11.7 Å². The van der Waals surface area contributed by atoms with Gasteiger partial charge in [0.2, 0.25) is 0 Å². The second-order valence-electron chi connectivity index (χ2n) is 6.94. The Bertz CT molecular complexity index is 883. The number of nitrogens with two attached hydrogens (primary N) is 1. The van der Waals surface area contributed by atoms with Crippen LogP contribution in [-0.2, 0) is 5.54 Å². The maximum Gasteiger partial charge on any atom is 0.275 e. The highest BCUT2D eigenvalue weighted by Crippen LogP contribution is 2.49. The van der Waals surface area contributed by atoms with Crippen LogP contribution >= 0.6 is 27.7 Å². The number of fused-ring (bicyclic) bond motifs is 1. The molecule has 0 spiro atoms. The van der Waals surface area contributed by atoms with Gasteiger partial charge in [0, 0.05) is 27.7 Å². The quantitative estimate of drug-likeness (QED) is 0.662. The molecule has 4 N–H and O–H groups in total. The fourth-order valence-corrected chi connectivity index (χ4v) is 5.75. The summed E-state index contributed by atoms with van der Waals surface area (Å²) >= 11 is 5.00. The van der Waals surface area contributed by atoms with Gasteiger partial charge in [0.25, 0.3) is 5.91 Å². The van der Waals surface area contributed by atoms with Crippen LogP contribution in [0.3, 0.4) is 0 Å². The molecule has 1 saturated heterocycles. The number of hydrogen-bond donors (Lipinski definition) is 3. The molecule has 2 aromatic rings. The number of anilines is 1. The molecule has 1 aliphatic carbocycles. The van der Waals surface area contributed by atoms with Gasteiger partial charge in [-0.3, -0.25) is 10.1 Å². The van der Waals surface area contributed by atoms with E-state index in [0.717, 1.165) is 25.0 Å². The third-order valence-electron chi connectivity index (χ3n) is 5.38. The molecular formula is C19H20BrFN4OS. The molecule has 0 bridgehead atoms. The third kappa shape index (κ3) is 3.51. The summed E-state index contributed by atoms with van der Waals surface area (Å²) in [4.78, 5) is 16.7. The van der Waals surface area contributed by atoms with Gasteiger partial charge in [0.05, 0.1) is 5.54 Å². The molecule has 1 aliphatic heterocycles. The van der Waals surface area contributed by atoms with Gasteiger partial charge in [-0.2, -0.15) is 0 Å². The second-order valence-corrected chi connectivity index (χ2v) is 8.97. The number of halogens is 2. The van der Waals surface area contributed by atoms with Crippen molar-refractivity contribution in [3.8, 4) is 0 Å². The SMILES string of the molecule is NC1N[C@@]2(c3cc(NC(=O)c4ncccc4Br)ccc3F)CCC[C@H]2CS1. The molecule has 1 aromatic carbocycles. The highest BCUT2D eigenvalue weighted by molar-refractivity contribution is 9.10. The van der Waals surface area contributed by atoms with Crippen LogP contribution in [0.1, 0.15) is 35.3 Å². The van der Waals surface area contributed by atoms with Crippen molar-refractivity contribution in [3.05, 3.63) is 58.1 Å². The number of nitrogens with zero attached hydrogens (tertiary/aromatic N) is 1. The lowest BCUT2D eigenvalue weighted by atomic mass is 9.80. The molecule has 5 nitrogen and oxygen atoms in total. The fourth-order valence-electron chi connectivity index (χ4n) is 4.13. The molecule has 2 fully saturated rings. The Balaban J connectivity index is 1.66. The normalized spacial score (nSPS) is 27.2. The zero-order chi connectivity index (χ0) is 19.0. The number of benzene rings is 1. The molecule has 8 heteroatoms. The van der Waals surface area contributed by atoms with Gasteiger partial charge in [-0.1, -0.05) is 6.42 Å². The maximum atomic E-state index is 14.8. The van der Waals surface area contributed by atoms with Crippen molar-refractivity contribution in [2.45, 2.75) is 30.3 Å². The minimum atomic E-state index is -0.471. The van der Waals surface area contributed by atoms with Crippen molar-refractivity contribution in [3.63, 3.8) is 0 Å². The molecule has 2 aliphatic rings. The molecule has 1 saturated carbocycles. The lowest BCUT2D eigenvalue weighted by Crippen LogP contribution is -2.57. The van der Waals surface area contributed by atoms with Crippen molar-refractivity contribution < 1.29 is 9.18 Å². The molecule has 1 aromatic heterocycles. The lowest BCUT2D eigenvalue weighted by molar-refractivity contribution is 0.102. The Kier molecular flexibility index (Phi) is 5.24. The van der Waals surface area contributed by atoms with Gasteiger partial charge >= 0.3 is 0 Å². The number of hydrogen-bond acceptors (Lipinski definition) is 5. The minimum absolute atomic E-state index is 0.221. The Morgan fingerprint density at radius 3 is 3.11 bits per heavy atom. The zero-order valence-corrected chi connectivity index (χ0v) is 16.9. The molecule has 27 heavy (non-hydrogen) atoms. The Morgan fingerprint density at radius 2 is 2.30 bits per heavy atom. The van der Waals surface area contributed by atoms with Gasteiger partial charge in [-0.15, -0.1) is 11.8 Å². The van der Waals surface area contributed by atoms with E-state index in [2.05, 4.69) is 31.5 Å². The van der Waals surface area contributed by atoms with Gasteiger partial charge in [0.1, 0.15) is 17.0 Å². The smallest absolute Gasteiger partial charge is 0.275 e. The van der Waals surface area contributed by atoms with Crippen molar-refractivity contribution in [2.75, 3.05) is 11.1 Å². The summed E-state index contributed by atoms with van der Waals surface area (Å²) in [6, 6.07) is 8.22. The maximum absolute atomic E-state index is 14.8. The summed E-state index contributed by atoms with van der Waals surface area (Å²) in [5, 5.41) is 6.27. The van der Waals surface area contributed by atoms with E-state index in [4.69, 9.17) is 5.73 Å². The predicted molar refractivity (Wildman–Crippen MR) is 109 cm³/mol. The predicted octanol–water partition coefficient (Wildman–Crippen LogP) is 3.81. The van der Waals surface area contributed by atoms with Gasteiger partial charge in [-0.05, 0) is 65.0 Å². The monoisotopic (exact) mass is 450 g/mol. The highest BCUT2D eigenvalue weighted by atomic mass is 79.9. The Labute approximate surface area is 169 Å². The van der Waals surface area contributed by atoms with Gasteiger partial charge in [0.15, 0.2) is 0 Å². The number of rotatable bonds is 3. The molecule has 4 rings (SSSR count). The van der Waals surface area contributed by atoms with Crippen LogP contribution in [-0.4, -0.2) is 22.1 Å². The van der Waals surface area contributed by atoms with Gasteiger partial charge < -0.3 is 11.1 Å². The lowest BCUT2D eigenvalue weighted by Gasteiger charge is -2.43. The van der Waals surface area contributed by atoms with E-state index in [1.165, 1.54) is 6.07 Å². The molecule has 0 radical (unpaired) electrons. The standard InChI is InChI=1S/C19H20BrFN4OS/c20-14-4-2-8-23-16(14)17(26)24-12-5-6-15(21)13(9-12)19-7-1-3-11(19)10-27-18(22)25-19/h2,4-6,8-9,11,18,25H,1,3,7,10,22H2,(H,24,26)/t11-,18?,19-/m0/s1. The van der Waals surface area contributed by atoms with Crippen molar-refractivity contribution in [1.29, 1.82) is 0 Å². The highest BCUT2D eigenvalue weighted by Gasteiger charge is 2.49. The second kappa shape index (κ2) is 7.50. The van der Waals surface area contributed by atoms with Crippen LogP contribution in [0.2, 0.25) is 0 Å². The van der Waals surface area contributed by atoms with Crippen LogP contribution in [0.25, 0.3) is 0 Å². The molecule has 3 atom stereocenters. The van der Waals surface area contributed by atoms with Gasteiger partial charge in [-0.25, -0.2) is 9.37 Å². The Morgan fingerprint density at radius 1 is 1.44 bits per heavy atom. The minimum Gasteiger partial charge on any atom is -0.321 e. The first-order chi connectivity index (χ1) is 13.0. The number of carbonyl (C=O) groups is 1. The molecular weight excluding hydrogens is 431 g/mol. The van der Waals surface area contributed by atoms with Crippen molar-refractivity contribution in [2.24, 2.45) is 11.7 Å². The fraction of sp³-hybridized carbons (Fsp3) is 0.368. The first-order valence-corrected chi connectivity index (χ1v) is 10.7. The van der Waals surface area contributed by atoms with E-state index in [1.807, 2.05) is 0 Å².